The number of pyridine rings is 1. The molecule has 2 heterocycles. The zero-order valence-electron chi connectivity index (χ0n) is 25.4. The van der Waals surface area contributed by atoms with Crippen LogP contribution < -0.4 is 16.1 Å². The van der Waals surface area contributed by atoms with Crippen molar-refractivity contribution in [1.82, 2.24) is 26.1 Å². The van der Waals surface area contributed by atoms with Crippen LogP contribution in [0.15, 0.2) is 79.0 Å². The Kier molecular flexibility index (Phi) is 9.98. The van der Waals surface area contributed by atoms with E-state index in [4.69, 9.17) is 9.47 Å². The van der Waals surface area contributed by atoms with Gasteiger partial charge in [0.05, 0.1) is 18.9 Å². The molecule has 0 aliphatic carbocycles. The highest BCUT2D eigenvalue weighted by atomic mass is 16.5. The second kappa shape index (κ2) is 13.5. The van der Waals surface area contributed by atoms with Gasteiger partial charge < -0.3 is 14.8 Å². The first-order valence-corrected chi connectivity index (χ1v) is 14.3. The molecular formula is C33H43N5O4. The predicted octanol–water partition coefficient (Wildman–Crippen LogP) is 4.69. The number of nitrogens with one attached hydrogen (secondary N) is 3. The first-order chi connectivity index (χ1) is 19.9. The van der Waals surface area contributed by atoms with E-state index < -0.39 is 23.3 Å². The van der Waals surface area contributed by atoms with Gasteiger partial charge in [-0.15, -0.1) is 0 Å². The van der Waals surface area contributed by atoms with Crippen LogP contribution in [-0.4, -0.2) is 59.6 Å². The Morgan fingerprint density at radius 2 is 1.71 bits per heavy atom. The van der Waals surface area contributed by atoms with Crippen molar-refractivity contribution in [2.24, 2.45) is 5.41 Å². The highest BCUT2D eigenvalue weighted by molar-refractivity contribution is 5.86. The van der Waals surface area contributed by atoms with E-state index in [1.807, 2.05) is 88.2 Å². The van der Waals surface area contributed by atoms with E-state index in [-0.39, 0.29) is 18.1 Å². The van der Waals surface area contributed by atoms with E-state index in [0.29, 0.717) is 13.1 Å². The van der Waals surface area contributed by atoms with Crippen LogP contribution in [0.3, 0.4) is 0 Å². The third kappa shape index (κ3) is 8.61. The fourth-order valence-electron chi connectivity index (χ4n) is 5.22. The molecule has 1 aliphatic rings. The van der Waals surface area contributed by atoms with E-state index in [9.17, 15) is 9.59 Å². The molecule has 3 aromatic rings. The smallest absolute Gasteiger partial charge is 0.407 e. The summed E-state index contributed by atoms with van der Waals surface area (Å²) in [7, 11) is 1.28. The Labute approximate surface area is 249 Å². The maximum atomic E-state index is 13.6. The summed E-state index contributed by atoms with van der Waals surface area (Å²) in [6.07, 6.45) is 1.67. The lowest BCUT2D eigenvalue weighted by Gasteiger charge is -2.34. The van der Waals surface area contributed by atoms with Gasteiger partial charge in [0.2, 0.25) is 0 Å². The number of carbonyl (C=O) groups is 2. The third-order valence-electron chi connectivity index (χ3n) is 7.26. The molecule has 0 saturated carbocycles. The Bertz CT molecular complexity index is 1310. The van der Waals surface area contributed by atoms with Crippen LogP contribution in [0.2, 0.25) is 0 Å². The molecule has 0 bridgehead atoms. The second-order valence-electron chi connectivity index (χ2n) is 12.3. The van der Waals surface area contributed by atoms with Crippen LogP contribution in [0.4, 0.5) is 4.79 Å². The van der Waals surface area contributed by atoms with Crippen LogP contribution in [-0.2, 0) is 27.2 Å². The molecule has 0 spiro atoms. The highest BCUT2D eigenvalue weighted by Crippen LogP contribution is 2.26. The monoisotopic (exact) mass is 573 g/mol. The van der Waals surface area contributed by atoms with Crippen molar-refractivity contribution < 1.29 is 19.1 Å². The molecular weight excluding hydrogens is 530 g/mol. The van der Waals surface area contributed by atoms with Crippen molar-refractivity contribution in [2.75, 3.05) is 13.7 Å². The summed E-state index contributed by atoms with van der Waals surface area (Å²) in [5.74, 6) is -0.323. The zero-order chi connectivity index (χ0) is 30.3. The molecule has 224 valence electrons. The Morgan fingerprint density at radius 3 is 2.33 bits per heavy atom. The standard InChI is InChI=1S/C33H43N5O4/c1-32(2,3)29(35-31(40)41-6)30(39)37-38(21-24-12-8-7-9-13-24)22-28-27(36-33(4,5)42-28)20-23-15-17-25(18-16-23)26-14-10-11-19-34-26/h7-19,27-29,36H,20-22H2,1-6H3,(H,35,40)(H,37,39)/t27-,28-,29+/m0/s1. The lowest BCUT2D eigenvalue weighted by atomic mass is 9.86. The highest BCUT2D eigenvalue weighted by Gasteiger charge is 2.41. The Hall–Kier alpha value is -3.79. The first kappa shape index (κ1) is 31.2. The largest absolute Gasteiger partial charge is 0.453 e. The summed E-state index contributed by atoms with van der Waals surface area (Å²) in [4.78, 5) is 30.1. The van der Waals surface area contributed by atoms with Gasteiger partial charge in [-0.3, -0.25) is 20.5 Å². The number of benzene rings is 2. The van der Waals surface area contributed by atoms with Gasteiger partial charge >= 0.3 is 6.09 Å². The van der Waals surface area contributed by atoms with Gasteiger partial charge in [-0.1, -0.05) is 81.4 Å². The molecule has 9 heteroatoms. The van der Waals surface area contributed by atoms with E-state index >= 15 is 0 Å². The maximum absolute atomic E-state index is 13.6. The number of methoxy groups -OCH3 is 1. The topological polar surface area (TPSA) is 105 Å². The second-order valence-corrected chi connectivity index (χ2v) is 12.3. The van der Waals surface area contributed by atoms with Crippen LogP contribution >= 0.6 is 0 Å². The van der Waals surface area contributed by atoms with Crippen LogP contribution in [0, 0.1) is 5.41 Å². The molecule has 1 saturated heterocycles. The van der Waals surface area contributed by atoms with Crippen molar-refractivity contribution in [2.45, 2.75) is 71.5 Å². The Morgan fingerprint density at radius 1 is 1.02 bits per heavy atom. The first-order valence-electron chi connectivity index (χ1n) is 14.3. The number of rotatable bonds is 10. The van der Waals surface area contributed by atoms with Crippen LogP contribution in [0.25, 0.3) is 11.3 Å². The van der Waals surface area contributed by atoms with Crippen molar-refractivity contribution in [3.63, 3.8) is 0 Å². The van der Waals surface area contributed by atoms with Gasteiger partial charge in [0.15, 0.2) is 0 Å². The van der Waals surface area contributed by atoms with Crippen molar-refractivity contribution in [1.29, 1.82) is 0 Å². The molecule has 3 atom stereocenters. The SMILES string of the molecule is COC(=O)N[C@H](C(=O)NN(Cc1ccccc1)C[C@@H]1OC(C)(C)N[C@H]1Cc1ccc(-c2ccccn2)cc1)C(C)(C)C. The van der Waals surface area contributed by atoms with E-state index in [2.05, 4.69) is 45.3 Å². The summed E-state index contributed by atoms with van der Waals surface area (Å²) in [5.41, 5.74) is 6.21. The van der Waals surface area contributed by atoms with E-state index in [1.165, 1.54) is 12.7 Å². The van der Waals surface area contributed by atoms with Gasteiger partial charge in [0.1, 0.15) is 11.8 Å². The number of ether oxygens (including phenoxy) is 2. The average molecular weight is 574 g/mol. The third-order valence-corrected chi connectivity index (χ3v) is 7.26. The van der Waals surface area contributed by atoms with Gasteiger partial charge in [-0.2, -0.15) is 0 Å². The van der Waals surface area contributed by atoms with E-state index in [1.54, 1.807) is 6.20 Å². The fourth-order valence-corrected chi connectivity index (χ4v) is 5.22. The number of hydrogen-bond donors (Lipinski definition) is 3. The number of aromatic nitrogens is 1. The average Bonchev–Trinajstić information content (AvgIpc) is 3.24. The summed E-state index contributed by atoms with van der Waals surface area (Å²) in [6.45, 7) is 10.6. The number of hydrazine groups is 1. The molecule has 1 aliphatic heterocycles. The number of alkyl carbamates (subject to hydrolysis) is 1. The number of carbonyl (C=O) groups excluding carboxylic acids is 2. The minimum Gasteiger partial charge on any atom is -0.453 e. The molecule has 2 aromatic carbocycles. The fraction of sp³-hybridized carbons (Fsp3) is 0.424. The van der Waals surface area contributed by atoms with Gasteiger partial charge in [0.25, 0.3) is 5.91 Å². The van der Waals surface area contributed by atoms with Crippen LogP contribution in [0.1, 0.15) is 45.7 Å². The van der Waals surface area contributed by atoms with Gasteiger partial charge in [0, 0.05) is 30.9 Å². The van der Waals surface area contributed by atoms with E-state index in [0.717, 1.165) is 23.2 Å². The summed E-state index contributed by atoms with van der Waals surface area (Å²) >= 11 is 0. The molecule has 0 unspecified atom stereocenters. The lowest BCUT2D eigenvalue weighted by molar-refractivity contribution is -0.132. The summed E-state index contributed by atoms with van der Waals surface area (Å²) in [5, 5.41) is 8.20. The summed E-state index contributed by atoms with van der Waals surface area (Å²) in [6, 6.07) is 23.5. The van der Waals surface area contributed by atoms with Crippen molar-refractivity contribution in [3.8, 4) is 11.3 Å². The molecule has 42 heavy (non-hydrogen) atoms. The quantitative estimate of drug-likeness (QED) is 0.302. The van der Waals surface area contributed by atoms with Crippen molar-refractivity contribution >= 4 is 12.0 Å². The normalized spacial score (nSPS) is 18.8. The molecule has 1 fully saturated rings. The zero-order valence-corrected chi connectivity index (χ0v) is 25.4. The number of amides is 2. The molecule has 0 radical (unpaired) electrons. The number of hydrogen-bond acceptors (Lipinski definition) is 7. The van der Waals surface area contributed by atoms with Crippen LogP contribution in [0.5, 0.6) is 0 Å². The maximum Gasteiger partial charge on any atom is 0.407 e. The molecule has 9 nitrogen and oxygen atoms in total. The predicted molar refractivity (Wildman–Crippen MR) is 163 cm³/mol. The molecule has 2 amide bonds. The van der Waals surface area contributed by atoms with Gasteiger partial charge in [-0.25, -0.2) is 9.80 Å². The number of nitrogens with zero attached hydrogens (tertiary/aromatic N) is 2. The lowest BCUT2D eigenvalue weighted by Crippen LogP contribution is -2.58. The molecule has 3 N–H and O–H groups in total. The molecule has 1 aromatic heterocycles. The van der Waals surface area contributed by atoms with Crippen molar-refractivity contribution in [3.05, 3.63) is 90.1 Å². The minimum atomic E-state index is -0.810. The van der Waals surface area contributed by atoms with Gasteiger partial charge in [-0.05, 0) is 48.9 Å². The summed E-state index contributed by atoms with van der Waals surface area (Å²) < 4.78 is 11.3. The Balaban J connectivity index is 1.52. The molecule has 4 rings (SSSR count). The minimum absolute atomic E-state index is 0.00230.